The lowest BCUT2D eigenvalue weighted by molar-refractivity contribution is -0.137. The molecule has 2 aromatic carbocycles. The minimum atomic E-state index is -4.47. The van der Waals surface area contributed by atoms with Crippen LogP contribution in [0.2, 0.25) is 0 Å². The van der Waals surface area contributed by atoms with Crippen molar-refractivity contribution in [3.05, 3.63) is 65.4 Å². The lowest BCUT2D eigenvalue weighted by Gasteiger charge is -2.20. The van der Waals surface area contributed by atoms with E-state index in [0.717, 1.165) is 12.1 Å². The van der Waals surface area contributed by atoms with Crippen molar-refractivity contribution in [2.45, 2.75) is 25.4 Å². The van der Waals surface area contributed by atoms with Crippen LogP contribution in [0.4, 0.5) is 36.3 Å². The second-order valence-corrected chi connectivity index (χ2v) is 7.05. The molecule has 0 saturated heterocycles. The van der Waals surface area contributed by atoms with E-state index in [1.54, 1.807) is 31.4 Å². The van der Waals surface area contributed by atoms with Gasteiger partial charge in [0.1, 0.15) is 11.6 Å². The van der Waals surface area contributed by atoms with Crippen molar-refractivity contribution in [3.8, 4) is 5.75 Å². The molecular weight excluding hydrogens is 409 g/mol. The molecule has 0 unspecified atom stereocenters. The molecular formula is C22H19F3N4O2. The van der Waals surface area contributed by atoms with Gasteiger partial charge < -0.3 is 15.4 Å². The number of Topliss-reactive ketones (excluding diaryl/α,β-unsaturated/α-hetero) is 1. The van der Waals surface area contributed by atoms with E-state index in [0.29, 0.717) is 42.0 Å². The fourth-order valence-electron chi connectivity index (χ4n) is 3.38. The maximum atomic E-state index is 13.1. The molecule has 0 aliphatic heterocycles. The van der Waals surface area contributed by atoms with Crippen molar-refractivity contribution in [2.24, 2.45) is 0 Å². The fraction of sp³-hybridized carbons (Fsp3) is 0.227. The van der Waals surface area contributed by atoms with Gasteiger partial charge in [0.25, 0.3) is 0 Å². The van der Waals surface area contributed by atoms with Crippen LogP contribution in [0, 0.1) is 0 Å². The van der Waals surface area contributed by atoms with E-state index >= 15 is 0 Å². The van der Waals surface area contributed by atoms with Gasteiger partial charge >= 0.3 is 6.18 Å². The van der Waals surface area contributed by atoms with Gasteiger partial charge in [0.2, 0.25) is 5.95 Å². The number of benzene rings is 2. The zero-order chi connectivity index (χ0) is 22.0. The predicted octanol–water partition coefficient (Wildman–Crippen LogP) is 5.51. The number of halogens is 3. The summed E-state index contributed by atoms with van der Waals surface area (Å²) in [4.78, 5) is 21.4. The molecule has 0 amide bonds. The number of anilines is 4. The summed E-state index contributed by atoms with van der Waals surface area (Å²) in [5, 5.41) is 5.96. The maximum absolute atomic E-state index is 13.1. The molecule has 1 aromatic heterocycles. The normalized spacial score (nSPS) is 13.5. The zero-order valence-electron chi connectivity index (χ0n) is 16.6. The van der Waals surface area contributed by atoms with E-state index in [1.165, 1.54) is 12.1 Å². The number of rotatable bonds is 5. The van der Waals surface area contributed by atoms with Gasteiger partial charge in [-0.05, 0) is 55.3 Å². The SMILES string of the molecule is COc1ccc(Nc2nc3c(c(Nc4cccc(C(F)(F)F)c4)n2)C(=O)CCC3)cc1. The number of carbonyl (C=O) groups excluding carboxylic acids is 1. The van der Waals surface area contributed by atoms with Gasteiger partial charge in [0.15, 0.2) is 5.78 Å². The van der Waals surface area contributed by atoms with Crippen LogP contribution < -0.4 is 15.4 Å². The number of aromatic nitrogens is 2. The molecule has 0 radical (unpaired) electrons. The van der Waals surface area contributed by atoms with Crippen molar-refractivity contribution in [2.75, 3.05) is 17.7 Å². The Hall–Kier alpha value is -3.62. The summed E-state index contributed by atoms with van der Waals surface area (Å²) in [6.45, 7) is 0. The van der Waals surface area contributed by atoms with Crippen molar-refractivity contribution in [3.63, 3.8) is 0 Å². The van der Waals surface area contributed by atoms with Crippen LogP contribution in [0.1, 0.15) is 34.5 Å². The summed E-state index contributed by atoms with van der Waals surface area (Å²) in [5.74, 6) is 0.985. The Morgan fingerprint density at radius 1 is 0.968 bits per heavy atom. The zero-order valence-corrected chi connectivity index (χ0v) is 16.6. The monoisotopic (exact) mass is 428 g/mol. The lowest BCUT2D eigenvalue weighted by atomic mass is 9.95. The van der Waals surface area contributed by atoms with E-state index in [4.69, 9.17) is 4.74 Å². The number of ether oxygens (including phenoxy) is 1. The van der Waals surface area contributed by atoms with Crippen molar-refractivity contribution < 1.29 is 22.7 Å². The third-order valence-electron chi connectivity index (χ3n) is 4.88. The first kappa shape index (κ1) is 20.6. The summed E-state index contributed by atoms with van der Waals surface area (Å²) in [7, 11) is 1.57. The van der Waals surface area contributed by atoms with Crippen LogP contribution in [0.3, 0.4) is 0 Å². The van der Waals surface area contributed by atoms with E-state index in [2.05, 4.69) is 20.6 Å². The van der Waals surface area contributed by atoms with Crippen LogP contribution in [0.15, 0.2) is 48.5 Å². The average Bonchev–Trinajstić information content (AvgIpc) is 2.74. The number of methoxy groups -OCH3 is 1. The Morgan fingerprint density at radius 3 is 2.45 bits per heavy atom. The van der Waals surface area contributed by atoms with Crippen LogP contribution in [0.25, 0.3) is 0 Å². The van der Waals surface area contributed by atoms with Crippen molar-refractivity contribution in [1.82, 2.24) is 9.97 Å². The minimum absolute atomic E-state index is 0.133. The van der Waals surface area contributed by atoms with E-state index in [-0.39, 0.29) is 23.2 Å². The Labute approximate surface area is 176 Å². The molecule has 31 heavy (non-hydrogen) atoms. The lowest BCUT2D eigenvalue weighted by Crippen LogP contribution is -2.18. The standard InChI is InChI=1S/C22H19F3N4O2/c1-31-16-10-8-14(9-11-16)27-21-28-17-6-3-7-18(30)19(17)20(29-21)26-15-5-2-4-13(12-15)22(23,24)25/h2,4-5,8-12H,3,6-7H2,1H3,(H2,26,27,28,29). The number of ketones is 1. The first-order valence-electron chi connectivity index (χ1n) is 9.63. The van der Waals surface area contributed by atoms with Crippen molar-refractivity contribution >= 4 is 28.9 Å². The maximum Gasteiger partial charge on any atom is 0.416 e. The Morgan fingerprint density at radius 2 is 1.74 bits per heavy atom. The number of alkyl halides is 3. The van der Waals surface area contributed by atoms with Gasteiger partial charge in [0, 0.05) is 17.8 Å². The summed E-state index contributed by atoms with van der Waals surface area (Å²) >= 11 is 0. The van der Waals surface area contributed by atoms with Gasteiger partial charge in [-0.3, -0.25) is 4.79 Å². The van der Waals surface area contributed by atoms with Gasteiger partial charge in [-0.15, -0.1) is 0 Å². The quantitative estimate of drug-likeness (QED) is 0.558. The van der Waals surface area contributed by atoms with Crippen molar-refractivity contribution in [1.29, 1.82) is 0 Å². The first-order chi connectivity index (χ1) is 14.8. The second kappa shape index (κ2) is 8.25. The molecule has 1 aliphatic carbocycles. The van der Waals surface area contributed by atoms with Crippen LogP contribution >= 0.6 is 0 Å². The van der Waals surface area contributed by atoms with E-state index in [9.17, 15) is 18.0 Å². The predicted molar refractivity (Wildman–Crippen MR) is 110 cm³/mol. The smallest absolute Gasteiger partial charge is 0.416 e. The molecule has 1 aliphatic rings. The second-order valence-electron chi connectivity index (χ2n) is 7.05. The Kier molecular flexibility index (Phi) is 5.50. The third kappa shape index (κ3) is 4.60. The minimum Gasteiger partial charge on any atom is -0.497 e. The molecule has 0 spiro atoms. The molecule has 9 heteroatoms. The molecule has 0 saturated carbocycles. The molecule has 2 N–H and O–H groups in total. The van der Waals surface area contributed by atoms with Crippen LogP contribution in [-0.4, -0.2) is 22.9 Å². The molecule has 4 rings (SSSR count). The number of carbonyl (C=O) groups is 1. The fourth-order valence-corrected chi connectivity index (χ4v) is 3.38. The Balaban J connectivity index is 1.70. The molecule has 0 bridgehead atoms. The highest BCUT2D eigenvalue weighted by atomic mass is 19.4. The molecule has 160 valence electrons. The van der Waals surface area contributed by atoms with Gasteiger partial charge in [0.05, 0.1) is 23.9 Å². The number of hydrogen-bond acceptors (Lipinski definition) is 6. The molecule has 3 aromatic rings. The van der Waals surface area contributed by atoms with E-state index < -0.39 is 11.7 Å². The first-order valence-corrected chi connectivity index (χ1v) is 9.63. The van der Waals surface area contributed by atoms with E-state index in [1.807, 2.05) is 0 Å². The molecule has 0 fully saturated rings. The number of nitrogens with zero attached hydrogens (tertiary/aromatic N) is 2. The number of nitrogens with one attached hydrogen (secondary N) is 2. The summed E-state index contributed by atoms with van der Waals surface area (Å²) < 4.78 is 44.4. The summed E-state index contributed by atoms with van der Waals surface area (Å²) in [5.41, 5.74) is 0.987. The van der Waals surface area contributed by atoms with Crippen LogP contribution in [0.5, 0.6) is 5.75 Å². The highest BCUT2D eigenvalue weighted by Gasteiger charge is 2.31. The van der Waals surface area contributed by atoms with Crippen LogP contribution in [-0.2, 0) is 12.6 Å². The molecule has 6 nitrogen and oxygen atoms in total. The highest BCUT2D eigenvalue weighted by Crippen LogP contribution is 2.33. The number of hydrogen-bond donors (Lipinski definition) is 2. The molecule has 0 atom stereocenters. The third-order valence-corrected chi connectivity index (χ3v) is 4.88. The Bertz CT molecular complexity index is 1110. The van der Waals surface area contributed by atoms with Gasteiger partial charge in [-0.25, -0.2) is 4.98 Å². The highest BCUT2D eigenvalue weighted by molar-refractivity contribution is 6.03. The summed E-state index contributed by atoms with van der Waals surface area (Å²) in [6, 6.07) is 11.9. The summed E-state index contributed by atoms with van der Waals surface area (Å²) in [6.07, 6.45) is -2.88. The average molecular weight is 428 g/mol. The topological polar surface area (TPSA) is 76.1 Å². The number of aryl methyl sites for hydroxylation is 1. The van der Waals surface area contributed by atoms with Gasteiger partial charge in [-0.1, -0.05) is 6.07 Å². The molecule has 1 heterocycles. The van der Waals surface area contributed by atoms with Gasteiger partial charge in [-0.2, -0.15) is 18.2 Å². The largest absolute Gasteiger partial charge is 0.497 e. The number of fused-ring (bicyclic) bond motifs is 1.